The van der Waals surface area contributed by atoms with Crippen LogP contribution in [0.1, 0.15) is 12.8 Å². The molecule has 6 aromatic carbocycles. The van der Waals surface area contributed by atoms with Gasteiger partial charge in [0.05, 0.1) is 0 Å². The zero-order valence-electron chi connectivity index (χ0n) is 22.5. The summed E-state index contributed by atoms with van der Waals surface area (Å²) in [6.07, 6.45) is 8.61. The molecule has 8 rings (SSSR count). The summed E-state index contributed by atoms with van der Waals surface area (Å²) < 4.78 is 6.47. The maximum atomic E-state index is 6.47. The maximum absolute atomic E-state index is 6.47. The Kier molecular flexibility index (Phi) is 5.60. The summed E-state index contributed by atoms with van der Waals surface area (Å²) in [7, 11) is 0. The molecule has 1 heterocycles. The van der Waals surface area contributed by atoms with Crippen molar-refractivity contribution in [2.45, 2.75) is 12.8 Å². The molecule has 41 heavy (non-hydrogen) atoms. The van der Waals surface area contributed by atoms with Crippen molar-refractivity contribution in [1.29, 1.82) is 0 Å². The number of hydrogen-bond donors (Lipinski definition) is 1. The Hall–Kier alpha value is -5.28. The SMILES string of the molecule is C1=CCCC(Nc2ccc3cc4c(cc3c2)oc2cc3cc(N(c5ccccc5)c5ccccc5)ccc3cc24)=C1. The molecule has 3 nitrogen and oxygen atoms in total. The van der Waals surface area contributed by atoms with Crippen LogP contribution in [0, 0.1) is 0 Å². The van der Waals surface area contributed by atoms with Crippen molar-refractivity contribution in [1.82, 2.24) is 0 Å². The average molecular weight is 529 g/mol. The van der Waals surface area contributed by atoms with Gasteiger partial charge in [0.25, 0.3) is 0 Å². The topological polar surface area (TPSA) is 28.4 Å². The fraction of sp³-hybridized carbons (Fsp3) is 0.0526. The molecule has 0 spiro atoms. The van der Waals surface area contributed by atoms with Gasteiger partial charge in [0.15, 0.2) is 0 Å². The fourth-order valence-corrected chi connectivity index (χ4v) is 5.96. The van der Waals surface area contributed by atoms with Gasteiger partial charge >= 0.3 is 0 Å². The van der Waals surface area contributed by atoms with E-state index in [9.17, 15) is 0 Å². The number of furan rings is 1. The lowest BCUT2D eigenvalue weighted by atomic mass is 10.0. The van der Waals surface area contributed by atoms with E-state index in [2.05, 4.69) is 150 Å². The molecule has 1 aromatic heterocycles. The van der Waals surface area contributed by atoms with Gasteiger partial charge in [0.2, 0.25) is 0 Å². The van der Waals surface area contributed by atoms with Crippen molar-refractivity contribution < 1.29 is 4.42 Å². The zero-order valence-corrected chi connectivity index (χ0v) is 22.5. The third kappa shape index (κ3) is 4.32. The largest absolute Gasteiger partial charge is 0.456 e. The van der Waals surface area contributed by atoms with Crippen LogP contribution in [-0.2, 0) is 0 Å². The molecule has 0 bridgehead atoms. The van der Waals surface area contributed by atoms with Gasteiger partial charge in [-0.2, -0.15) is 0 Å². The van der Waals surface area contributed by atoms with E-state index in [0.717, 1.165) is 62.9 Å². The first-order valence-corrected chi connectivity index (χ1v) is 14.2. The Balaban J connectivity index is 1.22. The molecule has 0 saturated heterocycles. The highest BCUT2D eigenvalue weighted by Crippen LogP contribution is 2.39. The first-order chi connectivity index (χ1) is 20.3. The minimum Gasteiger partial charge on any atom is -0.456 e. The van der Waals surface area contributed by atoms with E-state index in [1.54, 1.807) is 0 Å². The number of para-hydroxylation sites is 2. The van der Waals surface area contributed by atoms with Crippen LogP contribution in [0.25, 0.3) is 43.5 Å². The normalized spacial score (nSPS) is 13.2. The molecule has 0 unspecified atom stereocenters. The molecule has 196 valence electrons. The van der Waals surface area contributed by atoms with Crippen LogP contribution in [-0.4, -0.2) is 0 Å². The number of nitrogens with zero attached hydrogens (tertiary/aromatic N) is 1. The lowest BCUT2D eigenvalue weighted by molar-refractivity contribution is 0.670. The standard InChI is InChI=1S/C38H28N2O/c1-4-10-30(11-5-1)39-31-18-16-26-22-35-36-23-27-17-19-34(21-29(27)25-38(36)41-37(35)24-28(26)20-31)40(32-12-6-2-7-13-32)33-14-8-3-9-15-33/h1-4,6-10,12-25,39H,5,11H2. The van der Waals surface area contributed by atoms with Crippen LogP contribution >= 0.6 is 0 Å². The molecule has 0 fully saturated rings. The monoisotopic (exact) mass is 528 g/mol. The second-order valence-corrected chi connectivity index (χ2v) is 10.7. The first kappa shape index (κ1) is 23.6. The van der Waals surface area contributed by atoms with E-state index < -0.39 is 0 Å². The lowest BCUT2D eigenvalue weighted by Crippen LogP contribution is -2.09. The quantitative estimate of drug-likeness (QED) is 0.241. The van der Waals surface area contributed by atoms with Crippen molar-refractivity contribution >= 4 is 66.2 Å². The van der Waals surface area contributed by atoms with Crippen molar-refractivity contribution in [3.8, 4) is 0 Å². The second-order valence-electron chi connectivity index (χ2n) is 10.7. The van der Waals surface area contributed by atoms with Crippen LogP contribution in [0.4, 0.5) is 22.7 Å². The van der Waals surface area contributed by atoms with Gasteiger partial charge in [-0.15, -0.1) is 0 Å². The van der Waals surface area contributed by atoms with E-state index in [4.69, 9.17) is 4.42 Å². The molecule has 7 aromatic rings. The van der Waals surface area contributed by atoms with Crippen LogP contribution in [0.2, 0.25) is 0 Å². The van der Waals surface area contributed by atoms with Crippen molar-refractivity contribution in [2.75, 3.05) is 10.2 Å². The van der Waals surface area contributed by atoms with E-state index in [0.29, 0.717) is 0 Å². The molecule has 3 heteroatoms. The highest BCUT2D eigenvalue weighted by molar-refractivity contribution is 6.14. The summed E-state index contributed by atoms with van der Waals surface area (Å²) in [5.41, 5.74) is 7.53. The van der Waals surface area contributed by atoms with Crippen LogP contribution in [0.15, 0.2) is 150 Å². The second kappa shape index (κ2) is 9.72. The number of fused-ring (bicyclic) bond motifs is 5. The number of allylic oxidation sites excluding steroid dienone is 4. The fourth-order valence-electron chi connectivity index (χ4n) is 5.96. The smallest absolute Gasteiger partial charge is 0.136 e. The summed E-state index contributed by atoms with van der Waals surface area (Å²) >= 11 is 0. The molecule has 1 aliphatic carbocycles. The van der Waals surface area contributed by atoms with Crippen LogP contribution in [0.3, 0.4) is 0 Å². The predicted octanol–water partition coefficient (Wildman–Crippen LogP) is 11.0. The maximum Gasteiger partial charge on any atom is 0.136 e. The summed E-state index contributed by atoms with van der Waals surface area (Å²) in [6.45, 7) is 0. The Morgan fingerprint density at radius 2 is 1.20 bits per heavy atom. The van der Waals surface area contributed by atoms with Gasteiger partial charge in [0, 0.05) is 39.2 Å². The molecule has 1 N–H and O–H groups in total. The minimum atomic E-state index is 0.906. The molecule has 0 radical (unpaired) electrons. The summed E-state index contributed by atoms with van der Waals surface area (Å²) in [5.74, 6) is 0. The highest BCUT2D eigenvalue weighted by Gasteiger charge is 2.15. The van der Waals surface area contributed by atoms with Gasteiger partial charge in [-0.05, 0) is 113 Å². The Morgan fingerprint density at radius 1 is 0.561 bits per heavy atom. The van der Waals surface area contributed by atoms with Crippen molar-refractivity contribution in [3.05, 3.63) is 145 Å². The molecule has 0 saturated carbocycles. The summed E-state index contributed by atoms with van der Waals surface area (Å²) in [5, 5.41) is 10.6. The van der Waals surface area contributed by atoms with Gasteiger partial charge in [-0.25, -0.2) is 0 Å². The molecule has 0 atom stereocenters. The van der Waals surface area contributed by atoms with E-state index >= 15 is 0 Å². The number of anilines is 4. The van der Waals surface area contributed by atoms with E-state index in [1.165, 1.54) is 21.9 Å². The van der Waals surface area contributed by atoms with Crippen molar-refractivity contribution in [2.24, 2.45) is 0 Å². The molecular weight excluding hydrogens is 500 g/mol. The Labute approximate surface area is 238 Å². The highest BCUT2D eigenvalue weighted by atomic mass is 16.3. The van der Waals surface area contributed by atoms with E-state index in [1.807, 2.05) is 0 Å². The van der Waals surface area contributed by atoms with Gasteiger partial charge in [-0.3, -0.25) is 0 Å². The Morgan fingerprint density at radius 3 is 1.83 bits per heavy atom. The third-order valence-corrected chi connectivity index (χ3v) is 7.98. The lowest BCUT2D eigenvalue weighted by Gasteiger charge is -2.25. The predicted molar refractivity (Wildman–Crippen MR) is 173 cm³/mol. The van der Waals surface area contributed by atoms with Gasteiger partial charge < -0.3 is 14.6 Å². The summed E-state index contributed by atoms with van der Waals surface area (Å²) in [6, 6.07) is 43.2. The minimum absolute atomic E-state index is 0.906. The van der Waals surface area contributed by atoms with Crippen molar-refractivity contribution in [3.63, 3.8) is 0 Å². The average Bonchev–Trinajstić information content (AvgIpc) is 3.36. The van der Waals surface area contributed by atoms with Gasteiger partial charge in [-0.1, -0.05) is 60.7 Å². The first-order valence-electron chi connectivity index (χ1n) is 14.2. The molecule has 1 aliphatic rings. The van der Waals surface area contributed by atoms with Gasteiger partial charge in [0.1, 0.15) is 11.2 Å². The molecule has 0 amide bonds. The number of hydrogen-bond acceptors (Lipinski definition) is 3. The van der Waals surface area contributed by atoms with E-state index in [-0.39, 0.29) is 0 Å². The number of nitrogens with one attached hydrogen (secondary N) is 1. The number of rotatable bonds is 5. The van der Waals surface area contributed by atoms with Crippen LogP contribution in [0.5, 0.6) is 0 Å². The Bertz CT molecular complexity index is 2080. The summed E-state index contributed by atoms with van der Waals surface area (Å²) in [4.78, 5) is 2.29. The molecular formula is C38H28N2O. The molecule has 0 aliphatic heterocycles. The number of benzene rings is 6. The third-order valence-electron chi connectivity index (χ3n) is 7.98. The van der Waals surface area contributed by atoms with Crippen LogP contribution < -0.4 is 10.2 Å². The zero-order chi connectivity index (χ0) is 27.2.